The number of carboxylic acid groups (broad SMARTS) is 4. The number of benzene rings is 3. The molecule has 0 saturated heterocycles. The highest BCUT2D eigenvalue weighted by atomic mass is 16.4. The van der Waals surface area contributed by atoms with Gasteiger partial charge in [0.25, 0.3) is 0 Å². The maximum Gasteiger partial charge on any atom is 0.337 e. The van der Waals surface area contributed by atoms with E-state index >= 15 is 0 Å². The summed E-state index contributed by atoms with van der Waals surface area (Å²) in [6.07, 6.45) is -0.851. The van der Waals surface area contributed by atoms with Crippen molar-refractivity contribution in [2.75, 3.05) is 0 Å². The zero-order valence-electron chi connectivity index (χ0n) is 19.6. The second-order valence-corrected chi connectivity index (χ2v) is 8.54. The zero-order valence-corrected chi connectivity index (χ0v) is 19.6. The van der Waals surface area contributed by atoms with Crippen LogP contribution in [0.15, 0.2) is 51.7 Å². The Morgan fingerprint density at radius 3 is 2.03 bits per heavy atom. The minimum absolute atomic E-state index is 0.00803. The molecular formula is C27H20O11. The predicted molar refractivity (Wildman–Crippen MR) is 132 cm³/mol. The molecule has 0 radical (unpaired) electrons. The summed E-state index contributed by atoms with van der Waals surface area (Å²) in [4.78, 5) is 59.1. The molecule has 2 aliphatic rings. The first-order chi connectivity index (χ1) is 18.0. The van der Waals surface area contributed by atoms with Gasteiger partial charge in [-0.1, -0.05) is 12.1 Å². The van der Waals surface area contributed by atoms with E-state index in [4.69, 9.17) is 14.6 Å². The molecule has 0 unspecified atom stereocenters. The average Bonchev–Trinajstić information content (AvgIpc) is 2.84. The summed E-state index contributed by atoms with van der Waals surface area (Å²) in [5, 5.41) is 48.5. The van der Waals surface area contributed by atoms with Crippen LogP contribution >= 0.6 is 0 Å². The molecule has 0 fully saturated rings. The van der Waals surface area contributed by atoms with Crippen molar-refractivity contribution in [3.8, 4) is 28.2 Å². The van der Waals surface area contributed by atoms with Crippen molar-refractivity contribution in [2.45, 2.75) is 25.7 Å². The van der Waals surface area contributed by atoms with Crippen LogP contribution in [0.2, 0.25) is 0 Å². The summed E-state index contributed by atoms with van der Waals surface area (Å²) in [6.45, 7) is 0. The van der Waals surface area contributed by atoms with Crippen molar-refractivity contribution in [2.24, 2.45) is 0 Å². The molecule has 2 aromatic carbocycles. The van der Waals surface area contributed by atoms with E-state index < -0.39 is 40.4 Å². The number of carbonyl (C=O) groups is 4. The highest BCUT2D eigenvalue weighted by molar-refractivity contribution is 6.12. The number of carboxylic acids is 4. The first-order valence-corrected chi connectivity index (χ1v) is 11.3. The van der Waals surface area contributed by atoms with Crippen LogP contribution in [0.25, 0.3) is 33.4 Å². The monoisotopic (exact) mass is 520 g/mol. The lowest BCUT2D eigenvalue weighted by Gasteiger charge is -2.19. The molecular weight excluding hydrogens is 500 g/mol. The van der Waals surface area contributed by atoms with E-state index in [2.05, 4.69) is 0 Å². The Balaban J connectivity index is 2.16. The van der Waals surface area contributed by atoms with Crippen LogP contribution in [0.4, 0.5) is 0 Å². The molecule has 11 nitrogen and oxygen atoms in total. The van der Waals surface area contributed by atoms with Gasteiger partial charge < -0.3 is 29.9 Å². The first-order valence-electron chi connectivity index (χ1n) is 11.3. The smallest absolute Gasteiger partial charge is 0.337 e. The molecule has 0 bridgehead atoms. The Bertz CT molecular complexity index is 1660. The Kier molecular flexibility index (Phi) is 6.85. The number of aromatic hydroxyl groups is 1. The van der Waals surface area contributed by atoms with Gasteiger partial charge in [0, 0.05) is 47.1 Å². The van der Waals surface area contributed by atoms with E-state index in [1.54, 1.807) is 0 Å². The summed E-state index contributed by atoms with van der Waals surface area (Å²) in [5.74, 6) is -5.55. The highest BCUT2D eigenvalue weighted by Gasteiger charge is 2.27. The lowest BCUT2D eigenvalue weighted by atomic mass is 9.87. The maximum absolute atomic E-state index is 12.7. The topological polar surface area (TPSA) is 200 Å². The van der Waals surface area contributed by atoms with Crippen LogP contribution in [0, 0.1) is 0 Å². The molecule has 4 rings (SSSR count). The molecule has 1 aliphatic carbocycles. The number of aliphatic carboxylic acids is 2. The first kappa shape index (κ1) is 25.9. The van der Waals surface area contributed by atoms with Gasteiger partial charge in [0.15, 0.2) is 5.43 Å². The number of hydrogen-bond donors (Lipinski definition) is 5. The number of hydrogen-bond acceptors (Lipinski definition) is 7. The van der Waals surface area contributed by atoms with Crippen LogP contribution in [0.1, 0.15) is 44.7 Å². The van der Waals surface area contributed by atoms with Gasteiger partial charge in [-0.25, -0.2) is 9.59 Å². The third kappa shape index (κ3) is 4.89. The van der Waals surface area contributed by atoms with E-state index in [0.29, 0.717) is 0 Å². The molecule has 38 heavy (non-hydrogen) atoms. The van der Waals surface area contributed by atoms with Gasteiger partial charge in [-0.2, -0.15) is 0 Å². The number of aryl methyl sites for hydroxylation is 2. The molecule has 0 atom stereocenters. The fourth-order valence-electron chi connectivity index (χ4n) is 4.38. The molecule has 1 aliphatic heterocycles. The largest absolute Gasteiger partial charge is 0.508 e. The fraction of sp³-hybridized carbons (Fsp3) is 0.148. The summed E-state index contributed by atoms with van der Waals surface area (Å²) in [5.41, 5.74) is -0.846. The van der Waals surface area contributed by atoms with Gasteiger partial charge in [-0.3, -0.25) is 14.4 Å². The Labute approximate surface area is 213 Å². The van der Waals surface area contributed by atoms with E-state index in [1.807, 2.05) is 0 Å². The lowest BCUT2D eigenvalue weighted by Crippen LogP contribution is -2.13. The second kappa shape index (κ2) is 10.1. The summed E-state index contributed by atoms with van der Waals surface area (Å²) >= 11 is 0. The van der Waals surface area contributed by atoms with Crippen molar-refractivity contribution in [1.29, 1.82) is 0 Å². The summed E-state index contributed by atoms with van der Waals surface area (Å²) in [7, 11) is 0. The number of aromatic carboxylic acids is 2. The summed E-state index contributed by atoms with van der Waals surface area (Å²) < 4.78 is 5.85. The second-order valence-electron chi connectivity index (χ2n) is 8.54. The van der Waals surface area contributed by atoms with Gasteiger partial charge in [0.1, 0.15) is 17.1 Å². The molecule has 5 N–H and O–H groups in total. The standard InChI is InChI=1S/C27H20O11/c28-18-10-20-16(8-12(18)4-6-22(30)31)24(14-2-1-3-15(26(34)35)25(14)27(36)37)17-9-13(5-7-23(32)33)19(29)11-21(17)38-20/h1-3,8-11,28H,4-7H2,(H,30,31)(H,32,33)(H,34,35)(H,36,37). The van der Waals surface area contributed by atoms with Crippen molar-refractivity contribution in [3.63, 3.8) is 0 Å². The van der Waals surface area contributed by atoms with E-state index in [9.17, 15) is 39.3 Å². The number of rotatable bonds is 9. The Hall–Kier alpha value is -5.19. The predicted octanol–water partition coefficient (Wildman–Crippen LogP) is 3.70. The molecule has 0 spiro atoms. The number of phenols is 1. The van der Waals surface area contributed by atoms with Gasteiger partial charge in [0.05, 0.1) is 11.1 Å². The van der Waals surface area contributed by atoms with Crippen LogP contribution in [0.5, 0.6) is 5.75 Å². The summed E-state index contributed by atoms with van der Waals surface area (Å²) in [6, 6.07) is 8.99. The van der Waals surface area contributed by atoms with Crippen molar-refractivity contribution in [1.82, 2.24) is 0 Å². The fourth-order valence-corrected chi connectivity index (χ4v) is 4.38. The minimum atomic E-state index is -1.53. The SMILES string of the molecule is O=C(O)CCc1cc2c(-c3cccc(C(=O)O)c3C(=O)O)c3cc(CCC(=O)O)c(=O)cc-3oc2cc1O. The molecule has 1 heterocycles. The van der Waals surface area contributed by atoms with E-state index in [-0.39, 0.29) is 76.0 Å². The Morgan fingerprint density at radius 2 is 1.42 bits per heavy atom. The number of phenolic OH excluding ortho intramolecular Hbond substituents is 1. The minimum Gasteiger partial charge on any atom is -0.508 e. The van der Waals surface area contributed by atoms with Gasteiger partial charge >= 0.3 is 23.9 Å². The third-order valence-electron chi connectivity index (χ3n) is 6.10. The lowest BCUT2D eigenvalue weighted by molar-refractivity contribution is -0.138. The molecule has 0 aromatic heterocycles. The number of fused-ring (bicyclic) bond motifs is 2. The van der Waals surface area contributed by atoms with Gasteiger partial charge in [-0.05, 0) is 42.2 Å². The molecule has 11 heteroatoms. The highest BCUT2D eigenvalue weighted by Crippen LogP contribution is 2.44. The average molecular weight is 520 g/mol. The molecule has 0 saturated carbocycles. The van der Waals surface area contributed by atoms with Crippen molar-refractivity contribution < 1.29 is 49.1 Å². The maximum atomic E-state index is 12.7. The molecule has 194 valence electrons. The van der Waals surface area contributed by atoms with E-state index in [0.717, 1.165) is 12.1 Å². The molecule has 0 amide bonds. The normalized spacial score (nSPS) is 11.1. The van der Waals surface area contributed by atoms with Crippen molar-refractivity contribution in [3.05, 3.63) is 74.9 Å². The zero-order chi connectivity index (χ0) is 27.7. The molecule has 2 aromatic rings. The van der Waals surface area contributed by atoms with Crippen molar-refractivity contribution >= 4 is 34.8 Å². The van der Waals surface area contributed by atoms with Crippen LogP contribution in [-0.2, 0) is 22.4 Å². The van der Waals surface area contributed by atoms with E-state index in [1.165, 1.54) is 30.3 Å². The Morgan fingerprint density at radius 1 is 0.763 bits per heavy atom. The van der Waals surface area contributed by atoms with Gasteiger partial charge in [-0.15, -0.1) is 0 Å². The quantitative estimate of drug-likeness (QED) is 0.202. The van der Waals surface area contributed by atoms with Crippen LogP contribution < -0.4 is 5.43 Å². The van der Waals surface area contributed by atoms with Gasteiger partial charge in [0.2, 0.25) is 0 Å². The van der Waals surface area contributed by atoms with Crippen LogP contribution in [-0.4, -0.2) is 49.4 Å². The third-order valence-corrected chi connectivity index (χ3v) is 6.10. The van der Waals surface area contributed by atoms with Crippen LogP contribution in [0.3, 0.4) is 0 Å².